The van der Waals surface area contributed by atoms with Gasteiger partial charge in [-0.2, -0.15) is 0 Å². The van der Waals surface area contributed by atoms with Crippen LogP contribution < -0.4 is 11.1 Å². The Morgan fingerprint density at radius 1 is 1.29 bits per heavy atom. The van der Waals surface area contributed by atoms with Gasteiger partial charge in [0.25, 0.3) is 0 Å². The Kier molecular flexibility index (Phi) is 4.82. The average Bonchev–Trinajstić information content (AvgIpc) is 3.26. The molecule has 0 aromatic heterocycles. The number of carbonyl (C=O) groups is 1. The highest BCUT2D eigenvalue weighted by atomic mass is 16.5. The van der Waals surface area contributed by atoms with Gasteiger partial charge in [-0.3, -0.25) is 9.69 Å². The molecule has 3 fully saturated rings. The minimum absolute atomic E-state index is 0.0809. The van der Waals surface area contributed by atoms with E-state index in [0.29, 0.717) is 18.9 Å². The molecule has 1 aliphatic heterocycles. The molecule has 2 saturated carbocycles. The molecule has 3 N–H and O–H groups in total. The summed E-state index contributed by atoms with van der Waals surface area (Å²) in [6.45, 7) is 4.18. The van der Waals surface area contributed by atoms with E-state index in [9.17, 15) is 4.79 Å². The molecule has 0 spiro atoms. The Bertz CT molecular complexity index is 359. The van der Waals surface area contributed by atoms with Crippen LogP contribution in [0.4, 0.5) is 0 Å². The molecule has 1 atom stereocenters. The first-order valence-corrected chi connectivity index (χ1v) is 8.55. The molecule has 0 radical (unpaired) electrons. The molecule has 0 aromatic carbocycles. The topological polar surface area (TPSA) is 67.6 Å². The van der Waals surface area contributed by atoms with Crippen molar-refractivity contribution < 1.29 is 9.53 Å². The van der Waals surface area contributed by atoms with Gasteiger partial charge in [0.2, 0.25) is 5.91 Å². The fraction of sp³-hybridized carbons (Fsp3) is 0.938. The lowest BCUT2D eigenvalue weighted by Gasteiger charge is -2.43. The zero-order valence-corrected chi connectivity index (χ0v) is 13.0. The highest BCUT2D eigenvalue weighted by Crippen LogP contribution is 2.38. The van der Waals surface area contributed by atoms with Crippen molar-refractivity contribution in [3.8, 4) is 0 Å². The van der Waals surface area contributed by atoms with Crippen molar-refractivity contribution in [1.82, 2.24) is 10.2 Å². The largest absolute Gasteiger partial charge is 0.379 e. The van der Waals surface area contributed by atoms with Gasteiger partial charge in [0.05, 0.1) is 13.2 Å². The second kappa shape index (κ2) is 6.63. The summed E-state index contributed by atoms with van der Waals surface area (Å²) in [6.07, 6.45) is 7.87. The van der Waals surface area contributed by atoms with Gasteiger partial charge in [-0.05, 0) is 31.6 Å². The normalized spacial score (nSPS) is 27.5. The molecule has 5 heteroatoms. The van der Waals surface area contributed by atoms with Crippen LogP contribution in [-0.2, 0) is 9.53 Å². The Balaban J connectivity index is 1.52. The summed E-state index contributed by atoms with van der Waals surface area (Å²) in [4.78, 5) is 14.9. The van der Waals surface area contributed by atoms with Crippen molar-refractivity contribution in [3.05, 3.63) is 0 Å². The Morgan fingerprint density at radius 2 is 1.95 bits per heavy atom. The minimum atomic E-state index is 0.0809. The van der Waals surface area contributed by atoms with Gasteiger partial charge in [-0.1, -0.05) is 12.8 Å². The molecule has 0 bridgehead atoms. The number of nitrogens with one attached hydrogen (secondary N) is 1. The first kappa shape index (κ1) is 15.3. The van der Waals surface area contributed by atoms with Gasteiger partial charge in [0.15, 0.2) is 0 Å². The van der Waals surface area contributed by atoms with Crippen LogP contribution in [0.1, 0.15) is 44.9 Å². The van der Waals surface area contributed by atoms with E-state index in [4.69, 9.17) is 10.5 Å². The number of carbonyl (C=O) groups excluding carboxylic acids is 1. The van der Waals surface area contributed by atoms with Crippen LogP contribution in [0.2, 0.25) is 0 Å². The van der Waals surface area contributed by atoms with Crippen molar-refractivity contribution in [2.75, 3.05) is 32.8 Å². The van der Waals surface area contributed by atoms with E-state index in [2.05, 4.69) is 10.2 Å². The fourth-order valence-electron chi connectivity index (χ4n) is 3.96. The summed E-state index contributed by atoms with van der Waals surface area (Å²) >= 11 is 0. The second-order valence-electron chi connectivity index (χ2n) is 7.01. The third-order valence-corrected chi connectivity index (χ3v) is 5.47. The second-order valence-corrected chi connectivity index (χ2v) is 7.01. The minimum Gasteiger partial charge on any atom is -0.379 e. The zero-order valence-electron chi connectivity index (χ0n) is 13.0. The predicted octanol–water partition coefficient (Wildman–Crippen LogP) is 0.875. The quantitative estimate of drug-likeness (QED) is 0.763. The van der Waals surface area contributed by atoms with Crippen LogP contribution in [0.15, 0.2) is 0 Å². The maximum atomic E-state index is 12.4. The number of ether oxygens (including phenoxy) is 1. The van der Waals surface area contributed by atoms with E-state index >= 15 is 0 Å². The highest BCUT2D eigenvalue weighted by molar-refractivity contribution is 5.77. The lowest BCUT2D eigenvalue weighted by Crippen LogP contribution is -2.54. The highest BCUT2D eigenvalue weighted by Gasteiger charge is 2.41. The van der Waals surface area contributed by atoms with Crippen LogP contribution in [0, 0.1) is 5.92 Å². The van der Waals surface area contributed by atoms with Gasteiger partial charge in [0, 0.05) is 37.6 Å². The molecule has 1 saturated heterocycles. The molecule has 2 aliphatic carbocycles. The van der Waals surface area contributed by atoms with E-state index < -0.39 is 0 Å². The summed E-state index contributed by atoms with van der Waals surface area (Å²) in [7, 11) is 0. The lowest BCUT2D eigenvalue weighted by molar-refractivity contribution is -0.125. The first-order valence-electron chi connectivity index (χ1n) is 8.55. The fourth-order valence-corrected chi connectivity index (χ4v) is 3.96. The van der Waals surface area contributed by atoms with E-state index in [1.165, 1.54) is 25.7 Å². The Hall–Kier alpha value is -0.650. The molecule has 3 aliphatic rings. The van der Waals surface area contributed by atoms with E-state index in [-0.39, 0.29) is 17.5 Å². The molecule has 1 unspecified atom stereocenters. The van der Waals surface area contributed by atoms with Crippen LogP contribution >= 0.6 is 0 Å². The number of rotatable bonds is 6. The van der Waals surface area contributed by atoms with Crippen molar-refractivity contribution in [2.45, 2.75) is 56.5 Å². The van der Waals surface area contributed by atoms with Crippen molar-refractivity contribution >= 4 is 5.91 Å². The monoisotopic (exact) mass is 295 g/mol. The molecular weight excluding hydrogens is 266 g/mol. The van der Waals surface area contributed by atoms with Gasteiger partial charge in [-0.15, -0.1) is 0 Å². The molecule has 21 heavy (non-hydrogen) atoms. The molecule has 3 rings (SSSR count). The summed E-state index contributed by atoms with van der Waals surface area (Å²) < 4.78 is 5.46. The van der Waals surface area contributed by atoms with Crippen molar-refractivity contribution in [1.29, 1.82) is 0 Å². The summed E-state index contributed by atoms with van der Waals surface area (Å²) in [6, 6.07) is 0.150. The van der Waals surface area contributed by atoms with E-state index in [1.807, 2.05) is 0 Å². The van der Waals surface area contributed by atoms with Gasteiger partial charge in [0.1, 0.15) is 0 Å². The van der Waals surface area contributed by atoms with Crippen LogP contribution in [-0.4, -0.2) is 55.2 Å². The maximum absolute atomic E-state index is 12.4. The number of nitrogens with zero attached hydrogens (tertiary/aromatic N) is 1. The molecular formula is C16H29N3O2. The molecule has 120 valence electrons. The number of hydrogen-bond acceptors (Lipinski definition) is 4. The van der Waals surface area contributed by atoms with Gasteiger partial charge >= 0.3 is 0 Å². The molecule has 1 amide bonds. The van der Waals surface area contributed by atoms with Crippen LogP contribution in [0.5, 0.6) is 0 Å². The molecule has 5 nitrogen and oxygen atoms in total. The summed E-state index contributed by atoms with van der Waals surface area (Å²) in [5.41, 5.74) is 6.15. The van der Waals surface area contributed by atoms with Crippen LogP contribution in [0.25, 0.3) is 0 Å². The molecule has 1 heterocycles. The Morgan fingerprint density at radius 3 is 2.57 bits per heavy atom. The third-order valence-electron chi connectivity index (χ3n) is 5.47. The van der Waals surface area contributed by atoms with Gasteiger partial charge < -0.3 is 15.8 Å². The summed E-state index contributed by atoms with van der Waals surface area (Å²) in [5, 5.41) is 3.07. The van der Waals surface area contributed by atoms with Crippen LogP contribution in [0.3, 0.4) is 0 Å². The molecule has 0 aromatic rings. The smallest absolute Gasteiger partial charge is 0.221 e. The first-order chi connectivity index (χ1) is 10.2. The van der Waals surface area contributed by atoms with E-state index in [1.54, 1.807) is 0 Å². The zero-order chi connectivity index (χ0) is 14.7. The number of amides is 1. The SMILES string of the molecule is NC(CNC(=O)CC1(N2CCOCC2)CCCC1)C1CC1. The Labute approximate surface area is 127 Å². The number of hydrogen-bond donors (Lipinski definition) is 2. The van der Waals surface area contributed by atoms with Gasteiger partial charge in [-0.25, -0.2) is 0 Å². The lowest BCUT2D eigenvalue weighted by atomic mass is 9.90. The predicted molar refractivity (Wildman–Crippen MR) is 81.9 cm³/mol. The third kappa shape index (κ3) is 3.76. The number of morpholine rings is 1. The van der Waals surface area contributed by atoms with E-state index in [0.717, 1.165) is 39.1 Å². The average molecular weight is 295 g/mol. The van der Waals surface area contributed by atoms with Crippen molar-refractivity contribution in [2.24, 2.45) is 11.7 Å². The standard InChI is InChI=1S/C16H29N3O2/c17-14(13-3-4-13)12-18-15(20)11-16(5-1-2-6-16)19-7-9-21-10-8-19/h13-14H,1-12,17H2,(H,18,20). The summed E-state index contributed by atoms with van der Waals surface area (Å²) in [5.74, 6) is 0.824. The maximum Gasteiger partial charge on any atom is 0.221 e. The number of nitrogens with two attached hydrogens (primary N) is 1. The van der Waals surface area contributed by atoms with Crippen molar-refractivity contribution in [3.63, 3.8) is 0 Å².